The quantitative estimate of drug-likeness (QED) is 0.575. The molecule has 0 saturated heterocycles. The number of carbonyl (C=O) groups excluding carboxylic acids is 1. The first kappa shape index (κ1) is 18.1. The minimum Gasteiger partial charge on any atom is -0.324 e. The van der Waals surface area contributed by atoms with Gasteiger partial charge in [0.05, 0.1) is 5.01 Å². The summed E-state index contributed by atoms with van der Waals surface area (Å²) < 4.78 is 1.39. The summed E-state index contributed by atoms with van der Waals surface area (Å²) >= 11 is 1.39. The Morgan fingerprint density at radius 3 is 2.50 bits per heavy atom. The van der Waals surface area contributed by atoms with Crippen LogP contribution >= 0.6 is 11.3 Å². The monoisotopic (exact) mass is 390 g/mol. The lowest BCUT2D eigenvalue weighted by atomic mass is 10.1. The van der Waals surface area contributed by atoms with Gasteiger partial charge in [-0.05, 0) is 25.5 Å². The zero-order chi connectivity index (χ0) is 19.7. The molecule has 1 amide bonds. The highest BCUT2D eigenvalue weighted by atomic mass is 32.1. The Labute approximate surface area is 165 Å². The van der Waals surface area contributed by atoms with Crippen molar-refractivity contribution in [1.82, 2.24) is 14.5 Å². The number of para-hydroxylation sites is 1. The number of thiazole rings is 1. The first-order valence-electron chi connectivity index (χ1n) is 8.82. The third-order valence-corrected chi connectivity index (χ3v) is 5.39. The van der Waals surface area contributed by atoms with Gasteiger partial charge in [-0.1, -0.05) is 48.5 Å². The van der Waals surface area contributed by atoms with Crippen LogP contribution in [0.3, 0.4) is 0 Å². The Morgan fingerprint density at radius 1 is 1.04 bits per heavy atom. The fourth-order valence-electron chi connectivity index (χ4n) is 3.03. The van der Waals surface area contributed by atoms with E-state index in [1.54, 1.807) is 0 Å². The maximum atomic E-state index is 12.7. The number of carbonyl (C=O) groups is 1. The van der Waals surface area contributed by atoms with Crippen molar-refractivity contribution in [3.05, 3.63) is 75.7 Å². The Morgan fingerprint density at radius 2 is 1.75 bits per heavy atom. The molecule has 0 radical (unpaired) electrons. The third kappa shape index (κ3) is 3.44. The molecule has 0 spiro atoms. The Kier molecular flexibility index (Phi) is 4.75. The number of nitrogens with one attached hydrogen (secondary N) is 1. The van der Waals surface area contributed by atoms with Crippen molar-refractivity contribution in [2.24, 2.45) is 0 Å². The van der Waals surface area contributed by atoms with Crippen molar-refractivity contribution >= 4 is 33.3 Å². The summed E-state index contributed by atoms with van der Waals surface area (Å²) in [5.74, 6) is -0.280. The van der Waals surface area contributed by atoms with E-state index in [1.165, 1.54) is 15.9 Å². The van der Waals surface area contributed by atoms with Crippen LogP contribution in [0.25, 0.3) is 21.6 Å². The van der Waals surface area contributed by atoms with Crippen molar-refractivity contribution in [2.45, 2.75) is 20.4 Å². The van der Waals surface area contributed by atoms with E-state index >= 15 is 0 Å². The second kappa shape index (κ2) is 7.36. The predicted molar refractivity (Wildman–Crippen MR) is 112 cm³/mol. The van der Waals surface area contributed by atoms with E-state index in [-0.39, 0.29) is 12.5 Å². The van der Waals surface area contributed by atoms with Gasteiger partial charge in [-0.3, -0.25) is 9.36 Å². The number of hydrogen-bond donors (Lipinski definition) is 1. The number of amides is 1. The molecular formula is C21H18N4O2S. The Bertz CT molecular complexity index is 1230. The Hall–Kier alpha value is -3.32. The summed E-state index contributed by atoms with van der Waals surface area (Å²) in [6.45, 7) is 3.68. The van der Waals surface area contributed by atoms with E-state index in [9.17, 15) is 9.59 Å². The molecular weight excluding hydrogens is 372 g/mol. The minimum atomic E-state index is -0.463. The molecule has 0 unspecified atom stereocenters. The van der Waals surface area contributed by atoms with E-state index in [4.69, 9.17) is 0 Å². The van der Waals surface area contributed by atoms with Crippen molar-refractivity contribution in [2.75, 3.05) is 5.32 Å². The molecule has 1 N–H and O–H groups in total. The average Bonchev–Trinajstić information content (AvgIpc) is 3.08. The molecule has 140 valence electrons. The number of aromatic nitrogens is 3. The molecule has 0 aliphatic rings. The molecule has 0 saturated carbocycles. The van der Waals surface area contributed by atoms with E-state index in [2.05, 4.69) is 15.3 Å². The smallest absolute Gasteiger partial charge is 0.324 e. The summed E-state index contributed by atoms with van der Waals surface area (Å²) in [4.78, 5) is 34.8. The summed E-state index contributed by atoms with van der Waals surface area (Å²) in [7, 11) is 0. The van der Waals surface area contributed by atoms with Crippen LogP contribution in [0.5, 0.6) is 0 Å². The normalized spacial score (nSPS) is 10.9. The lowest BCUT2D eigenvalue weighted by Gasteiger charge is -2.11. The van der Waals surface area contributed by atoms with E-state index < -0.39 is 5.69 Å². The zero-order valence-electron chi connectivity index (χ0n) is 15.5. The molecule has 0 fully saturated rings. The van der Waals surface area contributed by atoms with Crippen LogP contribution in [-0.4, -0.2) is 20.4 Å². The summed E-state index contributed by atoms with van der Waals surface area (Å²) in [5.41, 5.74) is 3.23. The van der Waals surface area contributed by atoms with Gasteiger partial charge in [0, 0.05) is 11.3 Å². The SMILES string of the molecule is Cc1nc2c(-c3ccccc3)nc(=O)n(CC(=O)Nc3ccccc3C)c2s1. The lowest BCUT2D eigenvalue weighted by molar-refractivity contribution is -0.116. The number of rotatable bonds is 4. The highest BCUT2D eigenvalue weighted by Gasteiger charge is 2.18. The van der Waals surface area contributed by atoms with Gasteiger partial charge in [-0.25, -0.2) is 9.78 Å². The van der Waals surface area contributed by atoms with Crippen LogP contribution in [0.2, 0.25) is 0 Å². The maximum Gasteiger partial charge on any atom is 0.349 e. The molecule has 4 aromatic rings. The van der Waals surface area contributed by atoms with Gasteiger partial charge in [0.1, 0.15) is 22.6 Å². The molecule has 2 aromatic heterocycles. The van der Waals surface area contributed by atoms with Crippen LogP contribution in [0.1, 0.15) is 10.6 Å². The summed E-state index contributed by atoms with van der Waals surface area (Å²) in [6.07, 6.45) is 0. The molecule has 28 heavy (non-hydrogen) atoms. The molecule has 2 aromatic carbocycles. The van der Waals surface area contributed by atoms with Gasteiger partial charge >= 0.3 is 5.69 Å². The lowest BCUT2D eigenvalue weighted by Crippen LogP contribution is -2.29. The van der Waals surface area contributed by atoms with Gasteiger partial charge < -0.3 is 5.32 Å². The van der Waals surface area contributed by atoms with Crippen LogP contribution in [-0.2, 0) is 11.3 Å². The van der Waals surface area contributed by atoms with Gasteiger partial charge in [-0.15, -0.1) is 11.3 Å². The number of aryl methyl sites for hydroxylation is 2. The molecule has 7 heteroatoms. The van der Waals surface area contributed by atoms with Crippen molar-refractivity contribution in [3.8, 4) is 11.3 Å². The fourth-order valence-corrected chi connectivity index (χ4v) is 3.94. The van der Waals surface area contributed by atoms with Crippen LogP contribution in [0.4, 0.5) is 5.69 Å². The standard InChI is InChI=1S/C21H18N4O2S/c1-13-8-6-7-11-16(13)23-17(26)12-25-20-19(22-14(2)28-20)18(24-21(25)27)15-9-4-3-5-10-15/h3-11H,12H2,1-2H3,(H,23,26). The van der Waals surface area contributed by atoms with Gasteiger partial charge in [0.15, 0.2) is 0 Å². The van der Waals surface area contributed by atoms with Crippen LogP contribution < -0.4 is 11.0 Å². The number of hydrogen-bond acceptors (Lipinski definition) is 5. The topological polar surface area (TPSA) is 76.9 Å². The molecule has 2 heterocycles. The fraction of sp³-hybridized carbons (Fsp3) is 0.143. The first-order chi connectivity index (χ1) is 13.5. The summed E-state index contributed by atoms with van der Waals surface area (Å²) in [5, 5.41) is 3.67. The van der Waals surface area contributed by atoms with E-state index in [1.807, 2.05) is 68.4 Å². The number of benzene rings is 2. The number of anilines is 1. The van der Waals surface area contributed by atoms with Gasteiger partial charge in [0.2, 0.25) is 5.91 Å². The Balaban J connectivity index is 1.74. The molecule has 0 aliphatic carbocycles. The van der Waals surface area contributed by atoms with Crippen molar-refractivity contribution in [3.63, 3.8) is 0 Å². The van der Waals surface area contributed by atoms with Gasteiger partial charge in [-0.2, -0.15) is 4.98 Å². The second-order valence-corrected chi connectivity index (χ2v) is 7.63. The first-order valence-corrected chi connectivity index (χ1v) is 9.63. The van der Waals surface area contributed by atoms with Crippen LogP contribution in [0, 0.1) is 13.8 Å². The second-order valence-electron chi connectivity index (χ2n) is 6.44. The van der Waals surface area contributed by atoms with Crippen molar-refractivity contribution < 1.29 is 4.79 Å². The summed E-state index contributed by atoms with van der Waals surface area (Å²) in [6, 6.07) is 17.0. The predicted octanol–water partition coefficient (Wildman–Crippen LogP) is 3.78. The van der Waals surface area contributed by atoms with E-state index in [0.717, 1.165) is 21.8 Å². The van der Waals surface area contributed by atoms with Crippen molar-refractivity contribution in [1.29, 1.82) is 0 Å². The highest BCUT2D eigenvalue weighted by molar-refractivity contribution is 7.18. The molecule has 0 aliphatic heterocycles. The van der Waals surface area contributed by atoms with Crippen LogP contribution in [0.15, 0.2) is 59.4 Å². The number of fused-ring (bicyclic) bond motifs is 1. The maximum absolute atomic E-state index is 12.7. The highest BCUT2D eigenvalue weighted by Crippen LogP contribution is 2.28. The number of nitrogens with zero attached hydrogens (tertiary/aromatic N) is 3. The van der Waals surface area contributed by atoms with E-state index in [0.29, 0.717) is 16.0 Å². The molecule has 4 rings (SSSR count). The molecule has 6 nitrogen and oxygen atoms in total. The minimum absolute atomic E-state index is 0.118. The van der Waals surface area contributed by atoms with Gasteiger partial charge in [0.25, 0.3) is 0 Å². The average molecular weight is 390 g/mol. The largest absolute Gasteiger partial charge is 0.349 e. The molecule has 0 atom stereocenters. The zero-order valence-corrected chi connectivity index (χ0v) is 16.3. The molecule has 0 bridgehead atoms. The third-order valence-electron chi connectivity index (χ3n) is 4.39.